The summed E-state index contributed by atoms with van der Waals surface area (Å²) in [6, 6.07) is -0.0165. The molecule has 0 bridgehead atoms. The van der Waals surface area contributed by atoms with Crippen molar-refractivity contribution in [2.45, 2.75) is 70.6 Å². The van der Waals surface area contributed by atoms with Crippen molar-refractivity contribution < 1.29 is 14.4 Å². The van der Waals surface area contributed by atoms with Crippen molar-refractivity contribution in [3.05, 3.63) is 0 Å². The summed E-state index contributed by atoms with van der Waals surface area (Å²) in [5.74, 6) is 0.187. The smallest absolute Gasteiger partial charge is 0.157 e. The van der Waals surface area contributed by atoms with E-state index in [2.05, 4.69) is 4.72 Å². The first-order valence-electron chi connectivity index (χ1n) is 6.23. The van der Waals surface area contributed by atoms with Crippen LogP contribution in [0.25, 0.3) is 0 Å². The standard InChI is InChI=1S/C12H25NO3S/c1-8-6-7-10(16-11(8)14)9(2)13-17(15)12(3,4)5/h8-11,13-14H,6-7H2,1-5H3/t8?,9-,10+,11?,17?/m1/s1. The van der Waals surface area contributed by atoms with E-state index < -0.39 is 17.7 Å². The first-order chi connectivity index (χ1) is 7.71. The van der Waals surface area contributed by atoms with Crippen molar-refractivity contribution >= 4 is 11.4 Å². The van der Waals surface area contributed by atoms with Crippen LogP contribution in [0, 0.1) is 5.92 Å². The van der Waals surface area contributed by atoms with Gasteiger partial charge in [0.05, 0.1) is 12.1 Å². The second-order valence-electron chi connectivity index (χ2n) is 5.91. The SMILES string of the molecule is CC1CC[C@@H]([C@@H](C)N[S+]([O-])C(C)(C)C)OC1O. The van der Waals surface area contributed by atoms with Crippen LogP contribution >= 0.6 is 0 Å². The number of rotatable bonds is 3. The van der Waals surface area contributed by atoms with Crippen molar-refractivity contribution in [2.24, 2.45) is 5.92 Å². The van der Waals surface area contributed by atoms with Gasteiger partial charge in [-0.05, 0) is 40.5 Å². The molecule has 3 unspecified atom stereocenters. The highest BCUT2D eigenvalue weighted by Crippen LogP contribution is 2.25. The van der Waals surface area contributed by atoms with Crippen LogP contribution in [0.5, 0.6) is 0 Å². The predicted molar refractivity (Wildman–Crippen MR) is 69.8 cm³/mol. The summed E-state index contributed by atoms with van der Waals surface area (Å²) in [4.78, 5) is 0. The van der Waals surface area contributed by atoms with E-state index in [9.17, 15) is 9.66 Å². The minimum Gasteiger partial charge on any atom is -0.598 e. The van der Waals surface area contributed by atoms with Gasteiger partial charge in [-0.3, -0.25) is 0 Å². The fourth-order valence-corrected chi connectivity index (χ4v) is 2.58. The molecule has 5 atom stereocenters. The molecule has 1 heterocycles. The van der Waals surface area contributed by atoms with Crippen molar-refractivity contribution in [1.29, 1.82) is 0 Å². The van der Waals surface area contributed by atoms with E-state index in [4.69, 9.17) is 4.74 Å². The zero-order chi connectivity index (χ0) is 13.2. The average Bonchev–Trinajstić information content (AvgIpc) is 2.20. The first kappa shape index (κ1) is 15.2. The fraction of sp³-hybridized carbons (Fsp3) is 1.00. The second kappa shape index (κ2) is 5.89. The number of aliphatic hydroxyl groups is 1. The van der Waals surface area contributed by atoms with Crippen LogP contribution in [0.4, 0.5) is 0 Å². The van der Waals surface area contributed by atoms with E-state index >= 15 is 0 Å². The van der Waals surface area contributed by atoms with Gasteiger partial charge in [0, 0.05) is 17.3 Å². The second-order valence-corrected chi connectivity index (χ2v) is 7.91. The van der Waals surface area contributed by atoms with Gasteiger partial charge in [0.1, 0.15) is 4.75 Å². The predicted octanol–water partition coefficient (Wildman–Crippen LogP) is 1.56. The molecule has 102 valence electrons. The molecular weight excluding hydrogens is 238 g/mol. The van der Waals surface area contributed by atoms with Crippen LogP contribution in [0.1, 0.15) is 47.5 Å². The van der Waals surface area contributed by atoms with E-state index in [-0.39, 0.29) is 22.8 Å². The van der Waals surface area contributed by atoms with Gasteiger partial charge in [0.15, 0.2) is 6.29 Å². The van der Waals surface area contributed by atoms with Gasteiger partial charge >= 0.3 is 0 Å². The number of nitrogens with one attached hydrogen (secondary N) is 1. The topological polar surface area (TPSA) is 64.5 Å². The van der Waals surface area contributed by atoms with Gasteiger partial charge < -0.3 is 14.4 Å². The maximum absolute atomic E-state index is 11.9. The number of ether oxygens (including phenoxy) is 1. The Labute approximate surface area is 107 Å². The molecule has 0 aromatic carbocycles. The van der Waals surface area contributed by atoms with Crippen molar-refractivity contribution in [1.82, 2.24) is 4.72 Å². The quantitative estimate of drug-likeness (QED) is 0.759. The van der Waals surface area contributed by atoms with E-state index in [1.807, 2.05) is 34.6 Å². The lowest BCUT2D eigenvalue weighted by Crippen LogP contribution is -2.51. The minimum absolute atomic E-state index is 0.0165. The summed E-state index contributed by atoms with van der Waals surface area (Å²) in [7, 11) is 0. The molecule has 5 heteroatoms. The molecule has 1 saturated heterocycles. The van der Waals surface area contributed by atoms with Crippen molar-refractivity contribution in [3.8, 4) is 0 Å². The average molecular weight is 263 g/mol. The van der Waals surface area contributed by atoms with Crippen LogP contribution in [-0.4, -0.2) is 32.8 Å². The zero-order valence-corrected chi connectivity index (χ0v) is 12.2. The van der Waals surface area contributed by atoms with E-state index in [1.165, 1.54) is 0 Å². The van der Waals surface area contributed by atoms with Crippen LogP contribution in [0.2, 0.25) is 0 Å². The normalized spacial score (nSPS) is 34.4. The van der Waals surface area contributed by atoms with E-state index in [0.717, 1.165) is 12.8 Å². The van der Waals surface area contributed by atoms with Crippen LogP contribution in [-0.2, 0) is 16.1 Å². The lowest BCUT2D eigenvalue weighted by molar-refractivity contribution is -0.194. The van der Waals surface area contributed by atoms with Gasteiger partial charge in [-0.2, -0.15) is 0 Å². The molecule has 2 N–H and O–H groups in total. The van der Waals surface area contributed by atoms with Crippen LogP contribution in [0.15, 0.2) is 0 Å². The van der Waals surface area contributed by atoms with Crippen molar-refractivity contribution in [3.63, 3.8) is 0 Å². The van der Waals surface area contributed by atoms with Gasteiger partial charge in [0.25, 0.3) is 0 Å². The third kappa shape index (κ3) is 4.41. The summed E-state index contributed by atoms with van der Waals surface area (Å²) in [6.07, 6.45) is 1.09. The third-order valence-corrected chi connectivity index (χ3v) is 4.81. The Morgan fingerprint density at radius 2 is 2.00 bits per heavy atom. The zero-order valence-electron chi connectivity index (χ0n) is 11.4. The van der Waals surface area contributed by atoms with Gasteiger partial charge in [-0.15, -0.1) is 4.72 Å². The Morgan fingerprint density at radius 3 is 2.47 bits per heavy atom. The molecule has 1 rings (SSSR count). The summed E-state index contributed by atoms with van der Waals surface area (Å²) >= 11 is -1.10. The Balaban J connectivity index is 2.46. The molecular formula is C12H25NO3S. The monoisotopic (exact) mass is 263 g/mol. The highest BCUT2D eigenvalue weighted by molar-refractivity contribution is 7.90. The fourth-order valence-electron chi connectivity index (χ4n) is 1.74. The lowest BCUT2D eigenvalue weighted by atomic mass is 9.96. The summed E-state index contributed by atoms with van der Waals surface area (Å²) in [5.41, 5.74) is 0. The largest absolute Gasteiger partial charge is 0.598 e. The Morgan fingerprint density at radius 1 is 1.41 bits per heavy atom. The number of hydrogen-bond donors (Lipinski definition) is 2. The molecule has 1 aliphatic heterocycles. The molecule has 0 aromatic heterocycles. The molecule has 0 aromatic rings. The van der Waals surface area contributed by atoms with Gasteiger partial charge in [-0.25, -0.2) is 0 Å². The summed E-state index contributed by atoms with van der Waals surface area (Å²) < 4.78 is 20.3. The lowest BCUT2D eigenvalue weighted by Gasteiger charge is -2.36. The number of aliphatic hydroxyl groups excluding tert-OH is 1. The minimum atomic E-state index is -1.10. The summed E-state index contributed by atoms with van der Waals surface area (Å²) in [5, 5.41) is 9.67. The Hall–Kier alpha value is 0.190. The molecule has 0 radical (unpaired) electrons. The Kier molecular flexibility index (Phi) is 5.28. The molecule has 0 spiro atoms. The molecule has 0 saturated carbocycles. The van der Waals surface area contributed by atoms with Crippen LogP contribution < -0.4 is 4.72 Å². The molecule has 17 heavy (non-hydrogen) atoms. The maximum Gasteiger partial charge on any atom is 0.157 e. The molecule has 0 aliphatic carbocycles. The van der Waals surface area contributed by atoms with Gasteiger partial charge in [-0.1, -0.05) is 6.92 Å². The van der Waals surface area contributed by atoms with E-state index in [0.29, 0.717) is 0 Å². The highest BCUT2D eigenvalue weighted by Gasteiger charge is 2.34. The maximum atomic E-state index is 11.9. The summed E-state index contributed by atoms with van der Waals surface area (Å²) in [6.45, 7) is 9.73. The molecule has 1 fully saturated rings. The van der Waals surface area contributed by atoms with Crippen molar-refractivity contribution in [2.75, 3.05) is 0 Å². The highest BCUT2D eigenvalue weighted by atomic mass is 32.2. The Bertz CT molecular complexity index is 244. The van der Waals surface area contributed by atoms with E-state index in [1.54, 1.807) is 0 Å². The third-order valence-electron chi connectivity index (χ3n) is 3.11. The molecule has 0 amide bonds. The first-order valence-corrected chi connectivity index (χ1v) is 7.38. The van der Waals surface area contributed by atoms with Gasteiger partial charge in [0.2, 0.25) is 0 Å². The number of hydrogen-bond acceptors (Lipinski definition) is 4. The molecule has 1 aliphatic rings. The van der Waals surface area contributed by atoms with Crippen LogP contribution in [0.3, 0.4) is 0 Å². The molecule has 4 nitrogen and oxygen atoms in total.